The lowest BCUT2D eigenvalue weighted by Crippen LogP contribution is -2.41. The minimum absolute atomic E-state index is 0.220. The molecular formula is C15H20F2N2O3S2. The third kappa shape index (κ3) is 4.90. The normalized spacial score (nSPS) is 19.4. The number of carbonyl (C=O) groups excluding carboxylic acids is 1. The second-order valence-corrected chi connectivity index (χ2v) is 9.11. The number of nitrogens with zero attached hydrogens (tertiary/aromatic N) is 2. The third-order valence-corrected chi connectivity index (χ3v) is 6.49. The van der Waals surface area contributed by atoms with Gasteiger partial charge in [-0.25, -0.2) is 17.2 Å². The number of benzene rings is 1. The molecule has 0 unspecified atom stereocenters. The zero-order valence-corrected chi connectivity index (χ0v) is 15.2. The average molecular weight is 378 g/mol. The Bertz CT molecular complexity index is 713. The van der Waals surface area contributed by atoms with E-state index in [1.54, 1.807) is 4.90 Å². The van der Waals surface area contributed by atoms with Gasteiger partial charge in [0, 0.05) is 36.7 Å². The van der Waals surface area contributed by atoms with Gasteiger partial charge in [-0.3, -0.25) is 4.79 Å². The number of halogens is 2. The van der Waals surface area contributed by atoms with Crippen molar-refractivity contribution in [3.05, 3.63) is 35.4 Å². The van der Waals surface area contributed by atoms with Gasteiger partial charge in [0.25, 0.3) is 0 Å². The first kappa shape index (κ1) is 19.1. The molecule has 5 nitrogen and oxygen atoms in total. The van der Waals surface area contributed by atoms with E-state index >= 15 is 0 Å². The standard InChI is InChI=1S/C15H20F2N2O3S2/c1-18(24(2,21)22)10-15(20)19-6-5-14(23-8-7-19)12-9-11(16)3-4-13(12)17/h3-4,9,14H,5-8,10H2,1-2H3/t14-/m0/s1. The van der Waals surface area contributed by atoms with Gasteiger partial charge < -0.3 is 4.90 Å². The highest BCUT2D eigenvalue weighted by Gasteiger charge is 2.26. The smallest absolute Gasteiger partial charge is 0.237 e. The first-order valence-electron chi connectivity index (χ1n) is 7.44. The molecule has 24 heavy (non-hydrogen) atoms. The molecule has 0 N–H and O–H groups in total. The summed E-state index contributed by atoms with van der Waals surface area (Å²) in [5, 5.41) is -0.230. The molecule has 1 aromatic carbocycles. The molecule has 0 aromatic heterocycles. The molecule has 0 radical (unpaired) electrons. The number of carbonyl (C=O) groups is 1. The molecule has 1 aliphatic rings. The summed E-state index contributed by atoms with van der Waals surface area (Å²) in [6.45, 7) is 0.612. The van der Waals surface area contributed by atoms with E-state index in [9.17, 15) is 22.0 Å². The maximum atomic E-state index is 13.9. The fourth-order valence-corrected chi connectivity index (χ4v) is 4.02. The van der Waals surface area contributed by atoms with Crippen LogP contribution in [0.5, 0.6) is 0 Å². The van der Waals surface area contributed by atoms with Crippen LogP contribution in [0.15, 0.2) is 18.2 Å². The molecule has 0 bridgehead atoms. The summed E-state index contributed by atoms with van der Waals surface area (Å²) >= 11 is 1.47. The van der Waals surface area contributed by atoms with Crippen LogP contribution in [-0.2, 0) is 14.8 Å². The van der Waals surface area contributed by atoms with Gasteiger partial charge in [-0.1, -0.05) is 0 Å². The highest BCUT2D eigenvalue weighted by atomic mass is 32.2. The van der Waals surface area contributed by atoms with E-state index in [4.69, 9.17) is 0 Å². The first-order valence-corrected chi connectivity index (χ1v) is 10.3. The highest BCUT2D eigenvalue weighted by molar-refractivity contribution is 7.99. The molecular weight excluding hydrogens is 358 g/mol. The van der Waals surface area contributed by atoms with Crippen molar-refractivity contribution in [1.29, 1.82) is 0 Å². The van der Waals surface area contributed by atoms with Crippen LogP contribution in [0.4, 0.5) is 8.78 Å². The summed E-state index contributed by atoms with van der Waals surface area (Å²) in [5.74, 6) is -0.650. The topological polar surface area (TPSA) is 57.7 Å². The molecule has 1 aromatic rings. The van der Waals surface area contributed by atoms with Crippen molar-refractivity contribution < 1.29 is 22.0 Å². The minimum atomic E-state index is -3.42. The van der Waals surface area contributed by atoms with E-state index in [2.05, 4.69) is 0 Å². The van der Waals surface area contributed by atoms with Crippen molar-refractivity contribution in [3.63, 3.8) is 0 Å². The molecule has 2 rings (SSSR count). The van der Waals surface area contributed by atoms with Crippen LogP contribution < -0.4 is 0 Å². The van der Waals surface area contributed by atoms with Crippen LogP contribution in [0.25, 0.3) is 0 Å². The zero-order valence-electron chi connectivity index (χ0n) is 13.5. The quantitative estimate of drug-likeness (QED) is 0.803. The molecule has 1 fully saturated rings. The van der Waals surface area contributed by atoms with Crippen LogP contribution in [0.2, 0.25) is 0 Å². The number of likely N-dealkylation sites (N-methyl/N-ethyl adjacent to an activating group) is 1. The van der Waals surface area contributed by atoms with Crippen LogP contribution in [0, 0.1) is 11.6 Å². The minimum Gasteiger partial charge on any atom is -0.341 e. The summed E-state index contributed by atoms with van der Waals surface area (Å²) in [7, 11) is -2.07. The monoisotopic (exact) mass is 378 g/mol. The number of hydrogen-bond acceptors (Lipinski definition) is 4. The Morgan fingerprint density at radius 2 is 2.08 bits per heavy atom. The van der Waals surface area contributed by atoms with Gasteiger partial charge in [-0.15, -0.1) is 0 Å². The summed E-state index contributed by atoms with van der Waals surface area (Å²) in [6, 6.07) is 3.39. The number of amides is 1. The van der Waals surface area contributed by atoms with Gasteiger partial charge in [0.05, 0.1) is 12.8 Å². The fourth-order valence-electron chi connectivity index (χ4n) is 2.44. The number of rotatable bonds is 4. The van der Waals surface area contributed by atoms with Gasteiger partial charge in [0.2, 0.25) is 15.9 Å². The summed E-state index contributed by atoms with van der Waals surface area (Å²) in [6.07, 6.45) is 1.53. The van der Waals surface area contributed by atoms with Gasteiger partial charge in [-0.2, -0.15) is 16.1 Å². The first-order chi connectivity index (χ1) is 11.2. The van der Waals surface area contributed by atoms with E-state index < -0.39 is 21.7 Å². The molecule has 9 heteroatoms. The lowest BCUT2D eigenvalue weighted by atomic mass is 10.1. The van der Waals surface area contributed by atoms with Crippen LogP contribution in [-0.4, -0.2) is 62.2 Å². The van der Waals surface area contributed by atoms with Crippen molar-refractivity contribution in [2.75, 3.05) is 38.7 Å². The van der Waals surface area contributed by atoms with Gasteiger partial charge >= 0.3 is 0 Å². The van der Waals surface area contributed by atoms with Crippen molar-refractivity contribution in [1.82, 2.24) is 9.21 Å². The fraction of sp³-hybridized carbons (Fsp3) is 0.533. The molecule has 1 amide bonds. The molecule has 0 aliphatic carbocycles. The molecule has 134 valence electrons. The molecule has 0 spiro atoms. The van der Waals surface area contributed by atoms with Crippen molar-refractivity contribution in [3.8, 4) is 0 Å². The Hall–Kier alpha value is -1.19. The maximum Gasteiger partial charge on any atom is 0.237 e. The molecule has 0 saturated carbocycles. The number of thioether (sulfide) groups is 1. The maximum absolute atomic E-state index is 13.9. The lowest BCUT2D eigenvalue weighted by Gasteiger charge is -2.23. The van der Waals surface area contributed by atoms with E-state index in [1.165, 1.54) is 24.9 Å². The summed E-state index contributed by atoms with van der Waals surface area (Å²) in [4.78, 5) is 13.8. The lowest BCUT2D eigenvalue weighted by molar-refractivity contribution is -0.130. The predicted octanol–water partition coefficient (Wildman–Crippen LogP) is 1.86. The van der Waals surface area contributed by atoms with Gasteiger partial charge in [0.15, 0.2) is 0 Å². The average Bonchev–Trinajstić information content (AvgIpc) is 2.74. The Morgan fingerprint density at radius 1 is 1.38 bits per heavy atom. The van der Waals surface area contributed by atoms with E-state index in [-0.39, 0.29) is 17.7 Å². The van der Waals surface area contributed by atoms with Crippen LogP contribution in [0.3, 0.4) is 0 Å². The second-order valence-electron chi connectivity index (χ2n) is 5.71. The summed E-state index contributed by atoms with van der Waals surface area (Å²) < 4.78 is 51.1. The van der Waals surface area contributed by atoms with Gasteiger partial charge in [0.1, 0.15) is 11.6 Å². The highest BCUT2D eigenvalue weighted by Crippen LogP contribution is 2.36. The number of sulfonamides is 1. The Labute approximate surface area is 145 Å². The van der Waals surface area contributed by atoms with Crippen LogP contribution in [0.1, 0.15) is 17.2 Å². The van der Waals surface area contributed by atoms with E-state index in [0.29, 0.717) is 30.8 Å². The summed E-state index contributed by atoms with van der Waals surface area (Å²) in [5.41, 5.74) is 0.308. The van der Waals surface area contributed by atoms with Crippen molar-refractivity contribution in [2.45, 2.75) is 11.7 Å². The molecule has 1 aliphatic heterocycles. The Kier molecular flexibility index (Phi) is 6.22. The Balaban J connectivity index is 2.02. The third-order valence-electron chi connectivity index (χ3n) is 3.92. The largest absolute Gasteiger partial charge is 0.341 e. The molecule has 1 atom stereocenters. The van der Waals surface area contributed by atoms with E-state index in [1.807, 2.05) is 0 Å². The van der Waals surface area contributed by atoms with Crippen LogP contribution >= 0.6 is 11.8 Å². The molecule has 1 saturated heterocycles. The predicted molar refractivity (Wildman–Crippen MR) is 90.2 cm³/mol. The molecule has 1 heterocycles. The van der Waals surface area contributed by atoms with Gasteiger partial charge in [-0.05, 0) is 24.6 Å². The van der Waals surface area contributed by atoms with Crippen molar-refractivity contribution >= 4 is 27.7 Å². The Morgan fingerprint density at radius 3 is 2.75 bits per heavy atom. The number of hydrogen-bond donors (Lipinski definition) is 0. The zero-order chi connectivity index (χ0) is 17.9. The SMILES string of the molecule is CN(CC(=O)N1CCS[C@H](c2cc(F)ccc2F)CC1)S(C)(=O)=O. The van der Waals surface area contributed by atoms with Crippen molar-refractivity contribution in [2.24, 2.45) is 0 Å². The second kappa shape index (κ2) is 7.79. The van der Waals surface area contributed by atoms with E-state index in [0.717, 1.165) is 22.7 Å².